The maximum atomic E-state index is 12.8. The van der Waals surface area contributed by atoms with Gasteiger partial charge in [-0.3, -0.25) is 4.79 Å². The van der Waals surface area contributed by atoms with Crippen molar-refractivity contribution in [2.45, 2.75) is 38.1 Å². The van der Waals surface area contributed by atoms with Gasteiger partial charge in [-0.2, -0.15) is 0 Å². The van der Waals surface area contributed by atoms with Crippen LogP contribution >= 0.6 is 0 Å². The number of benzene rings is 1. The molecule has 4 rings (SSSR count). The summed E-state index contributed by atoms with van der Waals surface area (Å²) >= 11 is 0. The van der Waals surface area contributed by atoms with Crippen molar-refractivity contribution in [2.75, 3.05) is 6.54 Å². The Labute approximate surface area is 148 Å². The van der Waals surface area contributed by atoms with Crippen LogP contribution in [0.3, 0.4) is 0 Å². The highest BCUT2D eigenvalue weighted by molar-refractivity contribution is 5.86. The number of hydrogen-bond acceptors (Lipinski definition) is 3. The van der Waals surface area contributed by atoms with Gasteiger partial charge in [0.1, 0.15) is 11.7 Å². The first-order valence-corrected chi connectivity index (χ1v) is 8.97. The van der Waals surface area contributed by atoms with E-state index in [1.807, 2.05) is 35.2 Å². The number of amides is 1. The van der Waals surface area contributed by atoms with Gasteiger partial charge < -0.3 is 4.90 Å². The lowest BCUT2D eigenvalue weighted by molar-refractivity contribution is -0.130. The van der Waals surface area contributed by atoms with Crippen molar-refractivity contribution in [2.24, 2.45) is 5.92 Å². The highest BCUT2D eigenvalue weighted by Crippen LogP contribution is 2.45. The minimum atomic E-state index is -0.177. The van der Waals surface area contributed by atoms with Crippen molar-refractivity contribution in [1.29, 1.82) is 0 Å². The normalized spacial score (nSPS) is 24.8. The zero-order valence-corrected chi connectivity index (χ0v) is 14.4. The van der Waals surface area contributed by atoms with Crippen molar-refractivity contribution in [1.82, 2.24) is 14.9 Å². The standard InChI is InChI=1S/C21H21N3O/c1-2-24-18-10-6-9-17(18)19(21(24)25)20-22-13-16(14-23-20)12-11-15-7-4-3-5-8-15/h3-5,7-8,13-14,17-19H,2,6,9-10H2,1H3/t17-,18-,19?/m0/s1. The SMILES string of the molecule is CCN1C(=O)C(c2ncc(C#Cc3ccccc3)cn2)[C@H]2CCC[C@@H]21. The van der Waals surface area contributed by atoms with Crippen LogP contribution in [-0.4, -0.2) is 33.4 Å². The fourth-order valence-electron chi connectivity index (χ4n) is 4.19. The number of fused-ring (bicyclic) bond motifs is 1. The fourth-order valence-corrected chi connectivity index (χ4v) is 4.19. The molecular formula is C21H21N3O. The molecule has 1 aliphatic heterocycles. The van der Waals surface area contributed by atoms with Gasteiger partial charge in [-0.1, -0.05) is 36.5 Å². The van der Waals surface area contributed by atoms with Gasteiger partial charge in [0.05, 0.1) is 5.56 Å². The molecule has 0 bridgehead atoms. The molecule has 2 aromatic rings. The Morgan fingerprint density at radius 2 is 1.80 bits per heavy atom. The van der Waals surface area contributed by atoms with E-state index in [4.69, 9.17) is 0 Å². The van der Waals surface area contributed by atoms with Crippen LogP contribution in [0.4, 0.5) is 0 Å². The third-order valence-electron chi connectivity index (χ3n) is 5.32. The van der Waals surface area contributed by atoms with Crippen LogP contribution in [0.15, 0.2) is 42.7 Å². The minimum Gasteiger partial charge on any atom is -0.339 e. The van der Waals surface area contributed by atoms with Crippen molar-refractivity contribution in [3.63, 3.8) is 0 Å². The van der Waals surface area contributed by atoms with E-state index in [1.54, 1.807) is 12.4 Å². The molecule has 2 heterocycles. The number of carbonyl (C=O) groups excluding carboxylic acids is 1. The highest BCUT2D eigenvalue weighted by Gasteiger charge is 2.51. The molecule has 126 valence electrons. The Kier molecular flexibility index (Phi) is 4.23. The highest BCUT2D eigenvalue weighted by atomic mass is 16.2. The lowest BCUT2D eigenvalue weighted by atomic mass is 9.91. The molecule has 3 atom stereocenters. The number of nitrogens with zero attached hydrogens (tertiary/aromatic N) is 3. The molecule has 1 saturated carbocycles. The van der Waals surface area contributed by atoms with Crippen LogP contribution in [0, 0.1) is 17.8 Å². The molecule has 0 N–H and O–H groups in total. The first-order valence-electron chi connectivity index (χ1n) is 8.97. The van der Waals surface area contributed by atoms with E-state index in [0.717, 1.165) is 30.5 Å². The molecule has 4 nitrogen and oxygen atoms in total. The van der Waals surface area contributed by atoms with Gasteiger partial charge in [-0.05, 0) is 37.8 Å². The van der Waals surface area contributed by atoms with Crippen molar-refractivity contribution < 1.29 is 4.79 Å². The Bertz CT molecular complexity index is 820. The quantitative estimate of drug-likeness (QED) is 0.795. The molecule has 2 fully saturated rings. The number of hydrogen-bond donors (Lipinski definition) is 0. The monoisotopic (exact) mass is 331 g/mol. The second-order valence-electron chi connectivity index (χ2n) is 6.71. The maximum absolute atomic E-state index is 12.8. The summed E-state index contributed by atoms with van der Waals surface area (Å²) in [6.07, 6.45) is 6.88. The average molecular weight is 331 g/mol. The number of aromatic nitrogens is 2. The minimum absolute atomic E-state index is 0.177. The van der Waals surface area contributed by atoms with E-state index >= 15 is 0 Å². The van der Waals surface area contributed by atoms with Crippen LogP contribution in [0.1, 0.15) is 49.1 Å². The lowest BCUT2D eigenvalue weighted by Crippen LogP contribution is -2.33. The summed E-state index contributed by atoms with van der Waals surface area (Å²) in [7, 11) is 0. The van der Waals surface area contributed by atoms with Gasteiger partial charge in [-0.25, -0.2) is 9.97 Å². The molecule has 1 amide bonds. The first kappa shape index (κ1) is 15.8. The second kappa shape index (κ2) is 6.68. The second-order valence-corrected chi connectivity index (χ2v) is 6.71. The molecule has 2 aliphatic rings. The summed E-state index contributed by atoms with van der Waals surface area (Å²) in [6, 6.07) is 10.2. The van der Waals surface area contributed by atoms with E-state index in [0.29, 0.717) is 17.8 Å². The van der Waals surface area contributed by atoms with Crippen molar-refractivity contribution in [3.8, 4) is 11.8 Å². The van der Waals surface area contributed by atoms with E-state index in [2.05, 4.69) is 28.7 Å². The lowest BCUT2D eigenvalue weighted by Gasteiger charge is -2.21. The van der Waals surface area contributed by atoms with E-state index in [1.165, 1.54) is 6.42 Å². The Balaban J connectivity index is 1.56. The Hall–Kier alpha value is -2.67. The third-order valence-corrected chi connectivity index (χ3v) is 5.32. The summed E-state index contributed by atoms with van der Waals surface area (Å²) in [5.74, 6) is 7.23. The van der Waals surface area contributed by atoms with Gasteiger partial charge in [0.15, 0.2) is 0 Å². The Morgan fingerprint density at radius 1 is 1.08 bits per heavy atom. The molecule has 1 unspecified atom stereocenters. The van der Waals surface area contributed by atoms with E-state index in [9.17, 15) is 4.79 Å². The summed E-state index contributed by atoms with van der Waals surface area (Å²) in [5.41, 5.74) is 1.73. The smallest absolute Gasteiger partial charge is 0.233 e. The maximum Gasteiger partial charge on any atom is 0.233 e. The molecule has 1 saturated heterocycles. The van der Waals surface area contributed by atoms with Crippen molar-refractivity contribution in [3.05, 3.63) is 59.7 Å². The number of rotatable bonds is 2. The van der Waals surface area contributed by atoms with E-state index in [-0.39, 0.29) is 11.8 Å². The molecule has 25 heavy (non-hydrogen) atoms. The number of carbonyl (C=O) groups is 1. The van der Waals surface area contributed by atoms with Crippen molar-refractivity contribution >= 4 is 5.91 Å². The van der Waals surface area contributed by atoms with Crippen LogP contribution in [0.25, 0.3) is 0 Å². The average Bonchev–Trinajstić information content (AvgIpc) is 3.21. The van der Waals surface area contributed by atoms with Gasteiger partial charge >= 0.3 is 0 Å². The molecule has 1 aromatic carbocycles. The van der Waals surface area contributed by atoms with Crippen LogP contribution < -0.4 is 0 Å². The van der Waals surface area contributed by atoms with Gasteiger partial charge in [0.25, 0.3) is 0 Å². The zero-order chi connectivity index (χ0) is 17.2. The van der Waals surface area contributed by atoms with Gasteiger partial charge in [0, 0.05) is 30.5 Å². The molecular weight excluding hydrogens is 310 g/mol. The topological polar surface area (TPSA) is 46.1 Å². The molecule has 1 aromatic heterocycles. The predicted octanol–water partition coefficient (Wildman–Crippen LogP) is 2.99. The predicted molar refractivity (Wildman–Crippen MR) is 95.7 cm³/mol. The Morgan fingerprint density at radius 3 is 2.52 bits per heavy atom. The summed E-state index contributed by atoms with van der Waals surface area (Å²) in [6.45, 7) is 2.83. The molecule has 0 radical (unpaired) electrons. The largest absolute Gasteiger partial charge is 0.339 e. The summed E-state index contributed by atoms with van der Waals surface area (Å²) in [4.78, 5) is 23.8. The van der Waals surface area contributed by atoms with Crippen LogP contribution in [0.5, 0.6) is 0 Å². The molecule has 0 spiro atoms. The van der Waals surface area contributed by atoms with Gasteiger partial charge in [-0.15, -0.1) is 0 Å². The number of likely N-dealkylation sites (tertiary alicyclic amines) is 1. The zero-order valence-electron chi connectivity index (χ0n) is 14.4. The summed E-state index contributed by atoms with van der Waals surface area (Å²) in [5, 5.41) is 0. The van der Waals surface area contributed by atoms with Crippen LogP contribution in [-0.2, 0) is 4.79 Å². The van der Waals surface area contributed by atoms with Crippen LogP contribution in [0.2, 0.25) is 0 Å². The first-order chi connectivity index (χ1) is 12.3. The van der Waals surface area contributed by atoms with E-state index < -0.39 is 0 Å². The molecule has 4 heteroatoms. The van der Waals surface area contributed by atoms with Gasteiger partial charge in [0.2, 0.25) is 5.91 Å². The number of likely N-dealkylation sites (N-methyl/N-ethyl adjacent to an activating group) is 1. The fraction of sp³-hybridized carbons (Fsp3) is 0.381. The third kappa shape index (κ3) is 2.91. The summed E-state index contributed by atoms with van der Waals surface area (Å²) < 4.78 is 0. The molecule has 1 aliphatic carbocycles.